The monoisotopic (exact) mass is 253 g/mol. The maximum atomic E-state index is 4.26. The summed E-state index contributed by atoms with van der Waals surface area (Å²) >= 11 is 6.26. The van der Waals surface area contributed by atoms with Crippen LogP contribution in [0.15, 0.2) is 23.1 Å². The van der Waals surface area contributed by atoms with E-state index in [-0.39, 0.29) is 0 Å². The lowest BCUT2D eigenvalue weighted by Crippen LogP contribution is -2.20. The first-order valence-corrected chi connectivity index (χ1v) is 7.45. The van der Waals surface area contributed by atoms with E-state index in [4.69, 9.17) is 0 Å². The smallest absolute Gasteiger partial charge is 0.0231 e. The fraction of sp³-hybridized carbons (Fsp3) is 0.538. The number of aryl methyl sites for hydroxylation is 1. The number of fused-ring (bicyclic) bond motifs is 1. The third kappa shape index (κ3) is 3.19. The zero-order chi connectivity index (χ0) is 11.4. The van der Waals surface area contributed by atoms with Crippen molar-refractivity contribution in [2.45, 2.75) is 24.3 Å². The Morgan fingerprint density at radius 1 is 1.44 bits per heavy atom. The minimum absolute atomic E-state index is 0.928. The van der Waals surface area contributed by atoms with Gasteiger partial charge in [0.1, 0.15) is 0 Å². The van der Waals surface area contributed by atoms with Crippen molar-refractivity contribution < 1.29 is 0 Å². The molecule has 2 rings (SSSR count). The van der Waals surface area contributed by atoms with Crippen molar-refractivity contribution in [2.75, 3.05) is 25.1 Å². The van der Waals surface area contributed by atoms with Gasteiger partial charge in [0.05, 0.1) is 0 Å². The molecule has 0 saturated heterocycles. The van der Waals surface area contributed by atoms with Crippen LogP contribution in [0, 0.1) is 0 Å². The summed E-state index contributed by atoms with van der Waals surface area (Å²) in [6.07, 6.45) is 2.58. The SMILES string of the molecule is CN(CCS)Cc1ccc2c(c1)CCCS2. The van der Waals surface area contributed by atoms with Crippen LogP contribution >= 0.6 is 24.4 Å². The summed E-state index contributed by atoms with van der Waals surface area (Å²) in [6.45, 7) is 2.09. The standard InChI is InChI=1S/C13H19NS2/c1-14(6-7-15)10-11-4-5-13-12(9-11)3-2-8-16-13/h4-5,9,15H,2-3,6-8,10H2,1H3. The van der Waals surface area contributed by atoms with Gasteiger partial charge in [0.15, 0.2) is 0 Å². The molecule has 0 aromatic heterocycles. The van der Waals surface area contributed by atoms with Crippen molar-refractivity contribution in [3.8, 4) is 0 Å². The second-order valence-corrected chi connectivity index (χ2v) is 5.94. The third-order valence-electron chi connectivity index (χ3n) is 2.91. The number of thiol groups is 1. The Morgan fingerprint density at radius 2 is 2.31 bits per heavy atom. The zero-order valence-electron chi connectivity index (χ0n) is 9.78. The van der Waals surface area contributed by atoms with Crippen LogP contribution in [0.4, 0.5) is 0 Å². The van der Waals surface area contributed by atoms with Crippen molar-refractivity contribution in [1.82, 2.24) is 4.90 Å². The Labute approximate surface area is 108 Å². The Balaban J connectivity index is 2.05. The quantitative estimate of drug-likeness (QED) is 0.822. The van der Waals surface area contributed by atoms with Gasteiger partial charge in [0.25, 0.3) is 0 Å². The van der Waals surface area contributed by atoms with Crippen LogP contribution in [-0.4, -0.2) is 30.0 Å². The third-order valence-corrected chi connectivity index (χ3v) is 4.31. The van der Waals surface area contributed by atoms with Gasteiger partial charge in [-0.05, 0) is 42.8 Å². The number of hydrogen-bond donors (Lipinski definition) is 1. The minimum Gasteiger partial charge on any atom is -0.301 e. The largest absolute Gasteiger partial charge is 0.301 e. The van der Waals surface area contributed by atoms with Gasteiger partial charge in [-0.2, -0.15) is 12.6 Å². The fourth-order valence-corrected chi connectivity index (χ4v) is 3.43. The molecule has 0 atom stereocenters. The second kappa shape index (κ2) is 5.99. The predicted molar refractivity (Wildman–Crippen MR) is 75.7 cm³/mol. The molecular weight excluding hydrogens is 234 g/mol. The van der Waals surface area contributed by atoms with Crippen LogP contribution < -0.4 is 0 Å². The molecule has 1 heterocycles. The molecule has 0 unspecified atom stereocenters. The van der Waals surface area contributed by atoms with Crippen LogP contribution in [0.2, 0.25) is 0 Å². The van der Waals surface area contributed by atoms with E-state index in [0.29, 0.717) is 0 Å². The molecule has 0 N–H and O–H groups in total. The lowest BCUT2D eigenvalue weighted by atomic mass is 10.1. The molecule has 1 nitrogen and oxygen atoms in total. The average Bonchev–Trinajstić information content (AvgIpc) is 2.29. The van der Waals surface area contributed by atoms with E-state index < -0.39 is 0 Å². The number of nitrogens with zero attached hydrogens (tertiary/aromatic N) is 1. The lowest BCUT2D eigenvalue weighted by Gasteiger charge is -2.19. The molecule has 0 amide bonds. The van der Waals surface area contributed by atoms with Gasteiger partial charge in [-0.1, -0.05) is 12.1 Å². The van der Waals surface area contributed by atoms with Gasteiger partial charge in [-0.3, -0.25) is 0 Å². The highest BCUT2D eigenvalue weighted by atomic mass is 32.2. The topological polar surface area (TPSA) is 3.24 Å². The Bertz CT molecular complexity index is 352. The molecule has 0 fully saturated rings. The number of thioether (sulfide) groups is 1. The molecule has 3 heteroatoms. The van der Waals surface area contributed by atoms with Crippen LogP contribution in [0.3, 0.4) is 0 Å². The summed E-state index contributed by atoms with van der Waals surface area (Å²) in [6, 6.07) is 6.95. The summed E-state index contributed by atoms with van der Waals surface area (Å²) in [7, 11) is 2.16. The van der Waals surface area contributed by atoms with E-state index in [1.807, 2.05) is 11.8 Å². The van der Waals surface area contributed by atoms with Gasteiger partial charge >= 0.3 is 0 Å². The van der Waals surface area contributed by atoms with Crippen molar-refractivity contribution in [3.63, 3.8) is 0 Å². The first-order chi connectivity index (χ1) is 7.79. The molecule has 0 bridgehead atoms. The molecule has 0 saturated carbocycles. The normalized spacial score (nSPS) is 15.2. The van der Waals surface area contributed by atoms with Crippen molar-refractivity contribution in [3.05, 3.63) is 29.3 Å². The van der Waals surface area contributed by atoms with Crippen molar-refractivity contribution in [2.24, 2.45) is 0 Å². The zero-order valence-corrected chi connectivity index (χ0v) is 11.5. The van der Waals surface area contributed by atoms with Crippen LogP contribution in [-0.2, 0) is 13.0 Å². The molecular formula is C13H19NS2. The van der Waals surface area contributed by atoms with Crippen LogP contribution in [0.25, 0.3) is 0 Å². The van der Waals surface area contributed by atoms with E-state index in [1.165, 1.54) is 29.1 Å². The molecule has 1 aliphatic heterocycles. The number of rotatable bonds is 4. The summed E-state index contributed by atoms with van der Waals surface area (Å²) in [5, 5.41) is 0. The van der Waals surface area contributed by atoms with Gasteiger partial charge in [0, 0.05) is 23.7 Å². The van der Waals surface area contributed by atoms with E-state index in [2.05, 4.69) is 42.8 Å². The summed E-state index contributed by atoms with van der Waals surface area (Å²) in [5.74, 6) is 2.21. The molecule has 1 aliphatic rings. The molecule has 0 radical (unpaired) electrons. The molecule has 1 aromatic rings. The van der Waals surface area contributed by atoms with E-state index in [0.717, 1.165) is 18.8 Å². The molecule has 0 spiro atoms. The number of benzene rings is 1. The van der Waals surface area contributed by atoms with E-state index in [9.17, 15) is 0 Å². The summed E-state index contributed by atoms with van der Waals surface area (Å²) in [5.41, 5.74) is 2.98. The molecule has 1 aromatic carbocycles. The highest BCUT2D eigenvalue weighted by molar-refractivity contribution is 7.99. The minimum atomic E-state index is 0.928. The van der Waals surface area contributed by atoms with Gasteiger partial charge in [-0.25, -0.2) is 0 Å². The molecule has 16 heavy (non-hydrogen) atoms. The predicted octanol–water partition coefficient (Wildman–Crippen LogP) is 3.09. The Kier molecular flexibility index (Phi) is 4.62. The van der Waals surface area contributed by atoms with Gasteiger partial charge in [0.2, 0.25) is 0 Å². The van der Waals surface area contributed by atoms with Gasteiger partial charge in [-0.15, -0.1) is 11.8 Å². The fourth-order valence-electron chi connectivity index (χ4n) is 2.07. The highest BCUT2D eigenvalue weighted by Crippen LogP contribution is 2.30. The van der Waals surface area contributed by atoms with Crippen molar-refractivity contribution in [1.29, 1.82) is 0 Å². The Hall–Kier alpha value is -0.120. The van der Waals surface area contributed by atoms with Crippen molar-refractivity contribution >= 4 is 24.4 Å². The molecule has 0 aliphatic carbocycles. The number of hydrogen-bond acceptors (Lipinski definition) is 3. The molecule has 88 valence electrons. The maximum Gasteiger partial charge on any atom is 0.0231 e. The average molecular weight is 253 g/mol. The second-order valence-electron chi connectivity index (χ2n) is 4.36. The summed E-state index contributed by atoms with van der Waals surface area (Å²) < 4.78 is 0. The highest BCUT2D eigenvalue weighted by Gasteiger charge is 2.10. The van der Waals surface area contributed by atoms with Gasteiger partial charge < -0.3 is 4.90 Å². The lowest BCUT2D eigenvalue weighted by molar-refractivity contribution is 0.349. The van der Waals surface area contributed by atoms with Crippen LogP contribution in [0.1, 0.15) is 17.5 Å². The van der Waals surface area contributed by atoms with Crippen LogP contribution in [0.5, 0.6) is 0 Å². The summed E-state index contributed by atoms with van der Waals surface area (Å²) in [4.78, 5) is 3.82. The first-order valence-electron chi connectivity index (χ1n) is 5.83. The van der Waals surface area contributed by atoms with E-state index >= 15 is 0 Å². The first kappa shape index (κ1) is 12.3. The Morgan fingerprint density at radius 3 is 3.12 bits per heavy atom. The maximum absolute atomic E-state index is 4.26. The van der Waals surface area contributed by atoms with E-state index in [1.54, 1.807) is 5.56 Å².